The maximum Gasteiger partial charge on any atom is 0.119 e. The van der Waals surface area contributed by atoms with Crippen LogP contribution in [0.4, 0.5) is 0 Å². The topological polar surface area (TPSA) is 41.9 Å². The molecule has 2 unspecified atom stereocenters. The van der Waals surface area contributed by atoms with E-state index in [-0.39, 0.29) is 6.10 Å². The van der Waals surface area contributed by atoms with Crippen LogP contribution in [0.5, 0.6) is 5.75 Å². The molecule has 1 aromatic carbocycles. The Kier molecular flexibility index (Phi) is 5.19. The highest BCUT2D eigenvalue weighted by molar-refractivity contribution is 5.30. The van der Waals surface area contributed by atoms with Crippen LogP contribution in [0.15, 0.2) is 24.3 Å². The fourth-order valence-corrected chi connectivity index (χ4v) is 2.38. The zero-order chi connectivity index (χ0) is 13.7. The van der Waals surface area contributed by atoms with Crippen molar-refractivity contribution in [3.63, 3.8) is 0 Å². The monoisotopic (exact) mass is 265 g/mol. The Balaban J connectivity index is 2.05. The van der Waals surface area contributed by atoms with Gasteiger partial charge in [-0.2, -0.15) is 0 Å². The van der Waals surface area contributed by atoms with Crippen LogP contribution in [0.3, 0.4) is 0 Å². The molecule has 0 spiro atoms. The minimum atomic E-state index is -0.602. The Bertz CT molecular complexity index is 397. The Morgan fingerprint density at radius 2 is 2.32 bits per heavy atom. The second-order valence-electron chi connectivity index (χ2n) is 4.75. The van der Waals surface area contributed by atoms with Gasteiger partial charge in [-0.05, 0) is 31.2 Å². The van der Waals surface area contributed by atoms with Crippen LogP contribution in [0, 0.1) is 0 Å². The fourth-order valence-electron chi connectivity index (χ4n) is 2.38. The van der Waals surface area contributed by atoms with Crippen molar-refractivity contribution in [1.29, 1.82) is 0 Å². The summed E-state index contributed by atoms with van der Waals surface area (Å²) >= 11 is 0. The van der Waals surface area contributed by atoms with Crippen molar-refractivity contribution < 1.29 is 14.6 Å². The number of ether oxygens (including phenoxy) is 2. The van der Waals surface area contributed by atoms with Crippen LogP contribution in [0.1, 0.15) is 25.5 Å². The summed E-state index contributed by atoms with van der Waals surface area (Å²) in [6.07, 6.45) is -0.764. The van der Waals surface area contributed by atoms with Crippen molar-refractivity contribution in [1.82, 2.24) is 4.90 Å². The van der Waals surface area contributed by atoms with Crippen molar-refractivity contribution in [2.75, 3.05) is 32.8 Å². The van der Waals surface area contributed by atoms with Gasteiger partial charge in [-0.3, -0.25) is 4.90 Å². The third-order valence-corrected chi connectivity index (χ3v) is 3.49. The summed E-state index contributed by atoms with van der Waals surface area (Å²) in [6.45, 7) is 8.10. The molecule has 2 atom stereocenters. The molecule has 19 heavy (non-hydrogen) atoms. The lowest BCUT2D eigenvalue weighted by Gasteiger charge is -2.34. The first kappa shape index (κ1) is 14.3. The maximum absolute atomic E-state index is 10.4. The number of rotatable bonds is 5. The molecule has 0 aromatic heterocycles. The zero-order valence-electron chi connectivity index (χ0n) is 11.7. The van der Waals surface area contributed by atoms with Gasteiger partial charge < -0.3 is 14.6 Å². The normalized spacial score (nSPS) is 22.2. The lowest BCUT2D eigenvalue weighted by Crippen LogP contribution is -2.44. The molecular formula is C15H23NO3. The second-order valence-corrected chi connectivity index (χ2v) is 4.75. The maximum atomic E-state index is 10.4. The predicted molar refractivity (Wildman–Crippen MR) is 74.4 cm³/mol. The summed E-state index contributed by atoms with van der Waals surface area (Å²) < 4.78 is 11.2. The van der Waals surface area contributed by atoms with E-state index in [4.69, 9.17) is 9.47 Å². The summed E-state index contributed by atoms with van der Waals surface area (Å²) in [6, 6.07) is 7.62. The predicted octanol–water partition coefficient (Wildman–Crippen LogP) is 1.84. The lowest BCUT2D eigenvalue weighted by molar-refractivity contribution is -0.0889. The fraction of sp³-hybridized carbons (Fsp3) is 0.600. The number of nitrogens with zero attached hydrogens (tertiary/aromatic N) is 1. The van der Waals surface area contributed by atoms with Crippen LogP contribution in [0.25, 0.3) is 0 Å². The van der Waals surface area contributed by atoms with Gasteiger partial charge in [0.2, 0.25) is 0 Å². The molecule has 0 amide bonds. The molecular weight excluding hydrogens is 242 g/mol. The van der Waals surface area contributed by atoms with E-state index in [1.807, 2.05) is 31.2 Å². The molecule has 1 N–H and O–H groups in total. The molecule has 0 bridgehead atoms. The average molecular weight is 265 g/mol. The summed E-state index contributed by atoms with van der Waals surface area (Å²) in [5.41, 5.74) is 0.855. The minimum absolute atomic E-state index is 0.162. The van der Waals surface area contributed by atoms with Crippen LogP contribution in [-0.2, 0) is 4.74 Å². The standard InChI is InChI=1S/C15H23NO3/c1-3-16-8-9-19-14(11-16)15(17)12-6-5-7-13(10-12)18-4-2/h5-7,10,14-15,17H,3-4,8-9,11H2,1-2H3. The largest absolute Gasteiger partial charge is 0.494 e. The number of aliphatic hydroxyl groups is 1. The highest BCUT2D eigenvalue weighted by atomic mass is 16.5. The molecule has 1 aliphatic heterocycles. The second kappa shape index (κ2) is 6.89. The van der Waals surface area contributed by atoms with Crippen LogP contribution in [-0.4, -0.2) is 49.0 Å². The van der Waals surface area contributed by atoms with Crippen molar-refractivity contribution in [3.8, 4) is 5.75 Å². The number of aliphatic hydroxyl groups excluding tert-OH is 1. The van der Waals surface area contributed by atoms with E-state index in [0.29, 0.717) is 13.2 Å². The molecule has 4 nitrogen and oxygen atoms in total. The smallest absolute Gasteiger partial charge is 0.119 e. The van der Waals surface area contributed by atoms with E-state index in [9.17, 15) is 5.11 Å². The molecule has 0 saturated carbocycles. The van der Waals surface area contributed by atoms with Gasteiger partial charge >= 0.3 is 0 Å². The number of morpholine rings is 1. The molecule has 0 radical (unpaired) electrons. The van der Waals surface area contributed by atoms with Crippen LogP contribution >= 0.6 is 0 Å². The van der Waals surface area contributed by atoms with Crippen molar-refractivity contribution in [3.05, 3.63) is 29.8 Å². The Morgan fingerprint density at radius 3 is 3.05 bits per heavy atom. The summed E-state index contributed by atoms with van der Waals surface area (Å²) in [7, 11) is 0. The molecule has 1 saturated heterocycles. The molecule has 2 rings (SSSR count). The van der Waals surface area contributed by atoms with Crippen molar-refractivity contribution >= 4 is 0 Å². The van der Waals surface area contributed by atoms with E-state index in [0.717, 1.165) is 30.9 Å². The summed E-state index contributed by atoms with van der Waals surface area (Å²) in [4.78, 5) is 2.30. The van der Waals surface area contributed by atoms with Crippen LogP contribution < -0.4 is 4.74 Å². The number of hydrogen-bond acceptors (Lipinski definition) is 4. The molecule has 4 heteroatoms. The van der Waals surface area contributed by atoms with Crippen LogP contribution in [0.2, 0.25) is 0 Å². The minimum Gasteiger partial charge on any atom is -0.494 e. The Labute approximate surface area is 114 Å². The van der Waals surface area contributed by atoms with E-state index >= 15 is 0 Å². The van der Waals surface area contributed by atoms with Crippen molar-refractivity contribution in [2.24, 2.45) is 0 Å². The van der Waals surface area contributed by atoms with Gasteiger partial charge in [0.05, 0.1) is 13.2 Å². The van der Waals surface area contributed by atoms with Gasteiger partial charge in [0, 0.05) is 13.1 Å². The SMILES string of the molecule is CCOc1cccc(C(O)C2CN(CC)CCO2)c1. The zero-order valence-corrected chi connectivity index (χ0v) is 11.7. The van der Waals surface area contributed by atoms with E-state index in [1.165, 1.54) is 0 Å². The molecule has 1 aliphatic rings. The van der Waals surface area contributed by atoms with Gasteiger partial charge in [0.1, 0.15) is 18.0 Å². The van der Waals surface area contributed by atoms with E-state index in [2.05, 4.69) is 11.8 Å². The highest BCUT2D eigenvalue weighted by Gasteiger charge is 2.27. The first-order valence-electron chi connectivity index (χ1n) is 6.99. The third kappa shape index (κ3) is 3.69. The van der Waals surface area contributed by atoms with E-state index < -0.39 is 6.10 Å². The first-order valence-corrected chi connectivity index (χ1v) is 6.99. The van der Waals surface area contributed by atoms with Crippen molar-refractivity contribution in [2.45, 2.75) is 26.1 Å². The van der Waals surface area contributed by atoms with Gasteiger partial charge in [-0.15, -0.1) is 0 Å². The Morgan fingerprint density at radius 1 is 1.47 bits per heavy atom. The first-order chi connectivity index (χ1) is 9.24. The quantitative estimate of drug-likeness (QED) is 0.882. The molecule has 1 fully saturated rings. The lowest BCUT2D eigenvalue weighted by atomic mass is 10.0. The summed E-state index contributed by atoms with van der Waals surface area (Å²) in [5, 5.41) is 10.4. The summed E-state index contributed by atoms with van der Waals surface area (Å²) in [5.74, 6) is 0.794. The number of benzene rings is 1. The van der Waals surface area contributed by atoms with Gasteiger partial charge in [0.25, 0.3) is 0 Å². The Hall–Kier alpha value is -1.10. The van der Waals surface area contributed by atoms with Gasteiger partial charge in [0.15, 0.2) is 0 Å². The molecule has 0 aliphatic carbocycles. The van der Waals surface area contributed by atoms with E-state index in [1.54, 1.807) is 0 Å². The number of likely N-dealkylation sites (N-methyl/N-ethyl adjacent to an activating group) is 1. The molecule has 1 aromatic rings. The molecule has 1 heterocycles. The molecule has 106 valence electrons. The third-order valence-electron chi connectivity index (χ3n) is 3.49. The highest BCUT2D eigenvalue weighted by Crippen LogP contribution is 2.25. The van der Waals surface area contributed by atoms with Gasteiger partial charge in [-0.25, -0.2) is 0 Å². The average Bonchev–Trinajstić information content (AvgIpc) is 2.47. The van der Waals surface area contributed by atoms with Gasteiger partial charge in [-0.1, -0.05) is 19.1 Å². The number of hydrogen-bond donors (Lipinski definition) is 1.